The maximum atomic E-state index is 11.1. The summed E-state index contributed by atoms with van der Waals surface area (Å²) in [6, 6.07) is 6.87. The number of hydrogen-bond acceptors (Lipinski definition) is 5. The van der Waals surface area contributed by atoms with E-state index in [-0.39, 0.29) is 0 Å². The molecule has 0 heterocycles. The van der Waals surface area contributed by atoms with Crippen LogP contribution in [-0.4, -0.2) is 13.1 Å². The molecule has 5 heteroatoms. The van der Waals surface area contributed by atoms with Crippen LogP contribution >= 0.6 is 0 Å². The predicted octanol–water partition coefficient (Wildman–Crippen LogP) is 3.15. The third-order valence-electron chi connectivity index (χ3n) is 2.00. The fraction of sp³-hybridized carbons (Fsp3) is 0.133. The normalized spacial score (nSPS) is 10.5. The summed E-state index contributed by atoms with van der Waals surface area (Å²) in [6.45, 7) is 5.02. The van der Waals surface area contributed by atoms with Crippen LogP contribution in [0.4, 0.5) is 0 Å². The van der Waals surface area contributed by atoms with Crippen LogP contribution in [0.15, 0.2) is 61.5 Å². The first-order chi connectivity index (χ1) is 9.63. The van der Waals surface area contributed by atoms with Gasteiger partial charge in [-0.2, -0.15) is 0 Å². The molecule has 0 aliphatic rings. The Morgan fingerprint density at radius 3 is 1.95 bits per heavy atom. The summed E-state index contributed by atoms with van der Waals surface area (Å²) in [5.41, 5.74) is 0.320. The summed E-state index contributed by atoms with van der Waals surface area (Å²) in [6.07, 6.45) is 5.26. The van der Waals surface area contributed by atoms with Gasteiger partial charge in [0.1, 0.15) is 36.5 Å². The lowest BCUT2D eigenvalue weighted by molar-refractivity contribution is -0.133. The van der Waals surface area contributed by atoms with Crippen LogP contribution in [0.3, 0.4) is 0 Å². The second-order valence-corrected chi connectivity index (χ2v) is 3.67. The van der Waals surface area contributed by atoms with Crippen LogP contribution in [0, 0.1) is 0 Å². The third-order valence-corrected chi connectivity index (χ3v) is 2.00. The molecule has 0 saturated heterocycles. The molecular formula is C15H16O5. The van der Waals surface area contributed by atoms with E-state index in [1.54, 1.807) is 31.2 Å². The summed E-state index contributed by atoms with van der Waals surface area (Å²) >= 11 is 0. The molecule has 1 aromatic carbocycles. The second-order valence-electron chi connectivity index (χ2n) is 3.67. The van der Waals surface area contributed by atoms with Crippen LogP contribution in [0.2, 0.25) is 0 Å². The molecule has 0 aliphatic heterocycles. The van der Waals surface area contributed by atoms with Gasteiger partial charge in [-0.05, 0) is 31.2 Å². The molecule has 5 nitrogen and oxygen atoms in total. The number of carbonyl (C=O) groups excluding carboxylic acids is 1. The molecule has 0 spiro atoms. The van der Waals surface area contributed by atoms with Crippen molar-refractivity contribution in [2.45, 2.75) is 6.92 Å². The van der Waals surface area contributed by atoms with E-state index in [1.165, 1.54) is 25.9 Å². The van der Waals surface area contributed by atoms with Gasteiger partial charge in [-0.25, -0.2) is 4.79 Å². The molecule has 0 aliphatic carbocycles. The molecule has 0 bridgehead atoms. The van der Waals surface area contributed by atoms with Gasteiger partial charge in [0.2, 0.25) is 0 Å². The average Bonchev–Trinajstić information content (AvgIpc) is 2.45. The van der Waals surface area contributed by atoms with E-state index in [9.17, 15) is 4.79 Å². The van der Waals surface area contributed by atoms with Gasteiger partial charge in [0, 0.05) is 5.57 Å². The van der Waals surface area contributed by atoms with Crippen molar-refractivity contribution in [3.63, 3.8) is 0 Å². The number of esters is 1. The molecule has 0 atom stereocenters. The number of benzene rings is 1. The summed E-state index contributed by atoms with van der Waals surface area (Å²) < 4.78 is 19.9. The molecule has 1 aromatic rings. The SMILES string of the molecule is C=C(C)C(=O)O/C=C\Oc1ccc(O/C=C\OC)cc1. The minimum absolute atomic E-state index is 0.320. The number of ether oxygens (including phenoxy) is 4. The highest BCUT2D eigenvalue weighted by Gasteiger charge is 1.99. The van der Waals surface area contributed by atoms with Crippen LogP contribution in [0.5, 0.6) is 11.5 Å². The molecule has 20 heavy (non-hydrogen) atoms. The van der Waals surface area contributed by atoms with Crippen LogP contribution in [0.1, 0.15) is 6.92 Å². The smallest absolute Gasteiger partial charge is 0.338 e. The van der Waals surface area contributed by atoms with Crippen LogP contribution < -0.4 is 9.47 Å². The Kier molecular flexibility index (Phi) is 6.47. The van der Waals surface area contributed by atoms with E-state index in [2.05, 4.69) is 6.58 Å². The zero-order chi connectivity index (χ0) is 14.8. The number of hydrogen-bond donors (Lipinski definition) is 0. The van der Waals surface area contributed by atoms with Crippen LogP contribution in [0.25, 0.3) is 0 Å². The lowest BCUT2D eigenvalue weighted by Gasteiger charge is -2.02. The fourth-order valence-electron chi connectivity index (χ4n) is 1.06. The van der Waals surface area contributed by atoms with Gasteiger partial charge in [0.25, 0.3) is 0 Å². The Morgan fingerprint density at radius 1 is 1.00 bits per heavy atom. The van der Waals surface area contributed by atoms with E-state index < -0.39 is 5.97 Å². The highest BCUT2D eigenvalue weighted by atomic mass is 16.5. The Bertz CT molecular complexity index is 500. The summed E-state index contributed by atoms with van der Waals surface area (Å²) in [5.74, 6) is 0.720. The molecule has 0 saturated carbocycles. The van der Waals surface area contributed by atoms with Gasteiger partial charge >= 0.3 is 5.97 Å². The Morgan fingerprint density at radius 2 is 1.50 bits per heavy atom. The molecule has 0 N–H and O–H groups in total. The summed E-state index contributed by atoms with van der Waals surface area (Å²) in [4.78, 5) is 11.1. The van der Waals surface area contributed by atoms with Crippen LogP contribution in [-0.2, 0) is 14.3 Å². The van der Waals surface area contributed by atoms with Crippen molar-refractivity contribution in [2.24, 2.45) is 0 Å². The molecular weight excluding hydrogens is 260 g/mol. The topological polar surface area (TPSA) is 54.0 Å². The zero-order valence-corrected chi connectivity index (χ0v) is 11.4. The largest absolute Gasteiger partial charge is 0.501 e. The fourth-order valence-corrected chi connectivity index (χ4v) is 1.06. The molecule has 0 radical (unpaired) electrons. The summed E-state index contributed by atoms with van der Waals surface area (Å²) in [7, 11) is 1.53. The van der Waals surface area contributed by atoms with E-state index in [4.69, 9.17) is 18.9 Å². The van der Waals surface area contributed by atoms with Crippen molar-refractivity contribution in [3.05, 3.63) is 61.5 Å². The number of rotatable bonds is 7. The molecule has 106 valence electrons. The van der Waals surface area contributed by atoms with Crippen molar-refractivity contribution < 1.29 is 23.7 Å². The van der Waals surface area contributed by atoms with Gasteiger partial charge < -0.3 is 18.9 Å². The van der Waals surface area contributed by atoms with Gasteiger partial charge in [-0.15, -0.1) is 0 Å². The molecule has 1 rings (SSSR count). The highest BCUT2D eigenvalue weighted by molar-refractivity contribution is 5.87. The Labute approximate surface area is 117 Å². The van der Waals surface area contributed by atoms with E-state index in [0.717, 1.165) is 6.26 Å². The second kappa shape index (κ2) is 8.42. The van der Waals surface area contributed by atoms with E-state index in [1.807, 2.05) is 0 Å². The van der Waals surface area contributed by atoms with Gasteiger partial charge in [0.05, 0.1) is 7.11 Å². The van der Waals surface area contributed by atoms with E-state index in [0.29, 0.717) is 17.1 Å². The molecule has 0 aromatic heterocycles. The zero-order valence-electron chi connectivity index (χ0n) is 11.4. The van der Waals surface area contributed by atoms with E-state index >= 15 is 0 Å². The van der Waals surface area contributed by atoms with Gasteiger partial charge in [0.15, 0.2) is 0 Å². The minimum Gasteiger partial charge on any atom is -0.501 e. The number of methoxy groups -OCH3 is 1. The van der Waals surface area contributed by atoms with Crippen molar-refractivity contribution in [2.75, 3.05) is 7.11 Å². The molecule has 0 amide bonds. The lowest BCUT2D eigenvalue weighted by Crippen LogP contribution is -1.99. The average molecular weight is 276 g/mol. The predicted molar refractivity (Wildman–Crippen MR) is 73.9 cm³/mol. The first kappa shape index (κ1) is 15.4. The minimum atomic E-state index is -0.501. The molecule has 0 fully saturated rings. The maximum absolute atomic E-state index is 11.1. The van der Waals surface area contributed by atoms with Crippen molar-refractivity contribution in [3.8, 4) is 11.5 Å². The third kappa shape index (κ3) is 5.77. The van der Waals surface area contributed by atoms with Gasteiger partial charge in [-0.1, -0.05) is 6.58 Å². The molecule has 0 unspecified atom stereocenters. The van der Waals surface area contributed by atoms with Crippen molar-refractivity contribution >= 4 is 5.97 Å². The first-order valence-corrected chi connectivity index (χ1v) is 5.76. The Balaban J connectivity index is 2.41. The number of carbonyl (C=O) groups is 1. The first-order valence-electron chi connectivity index (χ1n) is 5.76. The Hall–Kier alpha value is -2.69. The monoisotopic (exact) mass is 276 g/mol. The van der Waals surface area contributed by atoms with Crippen molar-refractivity contribution in [1.82, 2.24) is 0 Å². The highest BCUT2D eigenvalue weighted by Crippen LogP contribution is 2.17. The summed E-state index contributed by atoms with van der Waals surface area (Å²) in [5, 5.41) is 0. The lowest BCUT2D eigenvalue weighted by atomic mass is 10.3. The van der Waals surface area contributed by atoms with Crippen molar-refractivity contribution in [1.29, 1.82) is 0 Å². The van der Waals surface area contributed by atoms with Gasteiger partial charge in [-0.3, -0.25) is 0 Å². The maximum Gasteiger partial charge on any atom is 0.338 e. The quantitative estimate of drug-likeness (QED) is 0.435. The standard InChI is InChI=1S/C15H16O5/c1-12(2)15(16)20-11-10-19-14-6-4-13(5-7-14)18-9-8-17-3/h4-11H,1H2,2-3H3/b9-8-,11-10-.